The zero-order chi connectivity index (χ0) is 17.1. The molecule has 126 valence electrons. The summed E-state index contributed by atoms with van der Waals surface area (Å²) in [4.78, 5) is 28.9. The lowest BCUT2D eigenvalue weighted by atomic mass is 10.2. The Bertz CT molecular complexity index is 882. The molecule has 25 heavy (non-hydrogen) atoms. The average Bonchev–Trinajstić information content (AvgIpc) is 3.00. The third-order valence-electron chi connectivity index (χ3n) is 3.88. The van der Waals surface area contributed by atoms with Crippen molar-refractivity contribution in [2.45, 2.75) is 17.7 Å². The molecule has 7 heteroatoms. The lowest BCUT2D eigenvalue weighted by Crippen LogP contribution is -2.33. The van der Waals surface area contributed by atoms with Gasteiger partial charge in [-0.25, -0.2) is 15.0 Å². The van der Waals surface area contributed by atoms with Crippen LogP contribution in [-0.2, 0) is 11.2 Å². The van der Waals surface area contributed by atoms with Crippen LogP contribution in [0.25, 0.3) is 10.8 Å². The fraction of sp³-hybridized carbons (Fsp3) is 0.222. The lowest BCUT2D eigenvalue weighted by Gasteiger charge is -2.22. The van der Waals surface area contributed by atoms with Crippen LogP contribution in [0.2, 0.25) is 0 Å². The summed E-state index contributed by atoms with van der Waals surface area (Å²) in [6, 6.07) is 9.89. The normalized spacial score (nSPS) is 14.0. The van der Waals surface area contributed by atoms with Crippen LogP contribution in [-0.4, -0.2) is 33.2 Å². The molecule has 1 aliphatic heterocycles. The molecular formula is C18H16N4OS2. The Morgan fingerprint density at radius 1 is 1.16 bits per heavy atom. The number of thioether (sulfide) groups is 1. The Kier molecular flexibility index (Phi) is 4.76. The number of carbonyl (C=O) groups is 1. The van der Waals surface area contributed by atoms with Gasteiger partial charge in [0, 0.05) is 29.2 Å². The molecule has 0 radical (unpaired) electrons. The van der Waals surface area contributed by atoms with Gasteiger partial charge in [-0.05, 0) is 30.4 Å². The first-order chi connectivity index (χ1) is 12.3. The van der Waals surface area contributed by atoms with Crippen molar-refractivity contribution in [2.75, 3.05) is 17.2 Å². The van der Waals surface area contributed by atoms with E-state index in [4.69, 9.17) is 0 Å². The molecule has 1 aliphatic rings. The minimum atomic E-state index is 0.0841. The maximum Gasteiger partial charge on any atom is 0.233 e. The summed E-state index contributed by atoms with van der Waals surface area (Å²) in [5.74, 6) is 1.72. The molecule has 0 N–H and O–H groups in total. The second kappa shape index (κ2) is 7.33. The summed E-state index contributed by atoms with van der Waals surface area (Å²) in [5, 5.41) is 2.66. The van der Waals surface area contributed by atoms with E-state index in [1.165, 1.54) is 16.2 Å². The Labute approximate surface area is 154 Å². The van der Waals surface area contributed by atoms with Gasteiger partial charge in [-0.1, -0.05) is 12.1 Å². The first-order valence-corrected chi connectivity index (χ1v) is 9.92. The fourth-order valence-corrected chi connectivity index (χ4v) is 4.50. The number of amides is 1. The van der Waals surface area contributed by atoms with E-state index >= 15 is 0 Å². The number of aromatic nitrogens is 3. The highest BCUT2D eigenvalue weighted by Crippen LogP contribution is 2.34. The molecule has 5 nitrogen and oxygen atoms in total. The molecule has 1 aromatic carbocycles. The van der Waals surface area contributed by atoms with Crippen LogP contribution < -0.4 is 4.90 Å². The van der Waals surface area contributed by atoms with E-state index in [0.717, 1.165) is 35.1 Å². The van der Waals surface area contributed by atoms with Crippen molar-refractivity contribution in [3.05, 3.63) is 53.8 Å². The van der Waals surface area contributed by atoms with Crippen molar-refractivity contribution >= 4 is 34.7 Å². The predicted octanol–water partition coefficient (Wildman–Crippen LogP) is 3.67. The Morgan fingerprint density at radius 3 is 2.88 bits per heavy atom. The molecule has 0 atom stereocenters. The quantitative estimate of drug-likeness (QED) is 0.706. The summed E-state index contributed by atoms with van der Waals surface area (Å²) in [6.45, 7) is 0.752. The number of benzene rings is 1. The van der Waals surface area contributed by atoms with Crippen LogP contribution in [0.3, 0.4) is 0 Å². The average molecular weight is 368 g/mol. The van der Waals surface area contributed by atoms with Crippen LogP contribution in [0.15, 0.2) is 53.0 Å². The van der Waals surface area contributed by atoms with Crippen molar-refractivity contribution in [3.63, 3.8) is 0 Å². The summed E-state index contributed by atoms with van der Waals surface area (Å²) >= 11 is 3.28. The SMILES string of the molecule is O=C(Cc1csc(-c2ncccn2)n1)N1CCCSc2ccccc21. The number of para-hydroxylation sites is 1. The summed E-state index contributed by atoms with van der Waals surface area (Å²) in [6.07, 6.45) is 4.67. The number of thiazole rings is 1. The minimum absolute atomic E-state index is 0.0841. The topological polar surface area (TPSA) is 59.0 Å². The van der Waals surface area contributed by atoms with Gasteiger partial charge in [0.05, 0.1) is 17.8 Å². The van der Waals surface area contributed by atoms with Crippen molar-refractivity contribution in [1.82, 2.24) is 15.0 Å². The molecule has 0 bridgehead atoms. The monoisotopic (exact) mass is 368 g/mol. The number of hydrogen-bond donors (Lipinski definition) is 0. The summed E-state index contributed by atoms with van der Waals surface area (Å²) in [7, 11) is 0. The maximum absolute atomic E-state index is 12.9. The molecule has 2 aromatic heterocycles. The second-order valence-corrected chi connectivity index (χ2v) is 7.60. The van der Waals surface area contributed by atoms with Crippen LogP contribution in [0.4, 0.5) is 5.69 Å². The molecule has 1 amide bonds. The summed E-state index contributed by atoms with van der Waals surface area (Å²) < 4.78 is 0. The number of hydrogen-bond acceptors (Lipinski definition) is 6. The van der Waals surface area contributed by atoms with Crippen molar-refractivity contribution in [1.29, 1.82) is 0 Å². The van der Waals surface area contributed by atoms with Crippen LogP contribution in [0.5, 0.6) is 0 Å². The highest BCUT2D eigenvalue weighted by atomic mass is 32.2. The molecule has 0 saturated heterocycles. The van der Waals surface area contributed by atoms with E-state index in [1.807, 2.05) is 40.2 Å². The van der Waals surface area contributed by atoms with Gasteiger partial charge in [0.25, 0.3) is 0 Å². The zero-order valence-corrected chi connectivity index (χ0v) is 15.1. The van der Waals surface area contributed by atoms with Crippen molar-refractivity contribution < 1.29 is 4.79 Å². The van der Waals surface area contributed by atoms with E-state index in [2.05, 4.69) is 21.0 Å². The van der Waals surface area contributed by atoms with Crippen molar-refractivity contribution in [2.24, 2.45) is 0 Å². The van der Waals surface area contributed by atoms with E-state index in [1.54, 1.807) is 18.5 Å². The fourth-order valence-electron chi connectivity index (χ4n) is 2.74. The summed E-state index contributed by atoms with van der Waals surface area (Å²) in [5.41, 5.74) is 1.78. The molecule has 0 fully saturated rings. The number of fused-ring (bicyclic) bond motifs is 1. The molecule has 4 rings (SSSR count). The highest BCUT2D eigenvalue weighted by Gasteiger charge is 2.22. The molecule has 3 heterocycles. The van der Waals surface area contributed by atoms with Crippen LogP contribution >= 0.6 is 23.1 Å². The lowest BCUT2D eigenvalue weighted by molar-refractivity contribution is -0.118. The number of carbonyl (C=O) groups excluding carboxylic acids is 1. The van der Waals surface area contributed by atoms with Crippen LogP contribution in [0.1, 0.15) is 12.1 Å². The standard InChI is InChI=1S/C18H16N4OS2/c23-16(22-9-4-10-24-15-6-2-1-5-14(15)22)11-13-12-25-18(21-13)17-19-7-3-8-20-17/h1-3,5-8,12H,4,9-11H2. The predicted molar refractivity (Wildman–Crippen MR) is 101 cm³/mol. The number of nitrogens with zero attached hydrogens (tertiary/aromatic N) is 4. The van der Waals surface area contributed by atoms with Gasteiger partial charge in [-0.2, -0.15) is 0 Å². The number of anilines is 1. The second-order valence-electron chi connectivity index (χ2n) is 5.61. The Morgan fingerprint density at radius 2 is 2.00 bits per heavy atom. The van der Waals surface area contributed by atoms with Gasteiger partial charge in [0.15, 0.2) is 10.8 Å². The van der Waals surface area contributed by atoms with Gasteiger partial charge in [-0.15, -0.1) is 23.1 Å². The van der Waals surface area contributed by atoms with E-state index < -0.39 is 0 Å². The van der Waals surface area contributed by atoms with Gasteiger partial charge < -0.3 is 4.90 Å². The van der Waals surface area contributed by atoms with Gasteiger partial charge in [-0.3, -0.25) is 4.79 Å². The minimum Gasteiger partial charge on any atom is -0.311 e. The van der Waals surface area contributed by atoms with Gasteiger partial charge in [0.2, 0.25) is 5.91 Å². The van der Waals surface area contributed by atoms with Crippen molar-refractivity contribution in [3.8, 4) is 10.8 Å². The molecule has 0 spiro atoms. The molecule has 0 saturated carbocycles. The molecule has 0 aliphatic carbocycles. The third-order valence-corrected chi connectivity index (χ3v) is 5.92. The largest absolute Gasteiger partial charge is 0.311 e. The number of rotatable bonds is 3. The van der Waals surface area contributed by atoms with Gasteiger partial charge in [0.1, 0.15) is 0 Å². The van der Waals surface area contributed by atoms with E-state index in [0.29, 0.717) is 12.2 Å². The first kappa shape index (κ1) is 16.2. The smallest absolute Gasteiger partial charge is 0.233 e. The molecular weight excluding hydrogens is 352 g/mol. The highest BCUT2D eigenvalue weighted by molar-refractivity contribution is 7.99. The van der Waals surface area contributed by atoms with E-state index in [-0.39, 0.29) is 5.91 Å². The van der Waals surface area contributed by atoms with Gasteiger partial charge >= 0.3 is 0 Å². The first-order valence-electron chi connectivity index (χ1n) is 8.05. The van der Waals surface area contributed by atoms with Crippen LogP contribution in [0, 0.1) is 0 Å². The molecule has 0 unspecified atom stereocenters. The maximum atomic E-state index is 12.9. The third kappa shape index (κ3) is 3.57. The van der Waals surface area contributed by atoms with E-state index in [9.17, 15) is 4.79 Å². The molecule has 3 aromatic rings. The zero-order valence-electron chi connectivity index (χ0n) is 13.5. The Balaban J connectivity index is 1.54. The Hall–Kier alpha value is -2.25.